The highest BCUT2D eigenvalue weighted by Gasteiger charge is 2.42. The zero-order valence-corrected chi connectivity index (χ0v) is 16.9. The number of benzene rings is 1. The molecule has 156 valence electrons. The topological polar surface area (TPSA) is 91.5 Å². The largest absolute Gasteiger partial charge is 0.442 e. The smallest absolute Gasteiger partial charge is 0.258 e. The minimum atomic E-state index is -1.21. The van der Waals surface area contributed by atoms with Gasteiger partial charge in [0.1, 0.15) is 29.3 Å². The van der Waals surface area contributed by atoms with Crippen LogP contribution in [0.3, 0.4) is 0 Å². The maximum Gasteiger partial charge on any atom is 0.258 e. The molecule has 2 aromatic heterocycles. The van der Waals surface area contributed by atoms with Crippen LogP contribution in [0.1, 0.15) is 47.9 Å². The summed E-state index contributed by atoms with van der Waals surface area (Å²) in [4.78, 5) is 23.6. The summed E-state index contributed by atoms with van der Waals surface area (Å²) in [6.07, 6.45) is 3.88. The fraction of sp³-hybridized carbons (Fsp3) is 0.409. The highest BCUT2D eigenvalue weighted by atomic mass is 19.1. The molecule has 1 aliphatic heterocycles. The second kappa shape index (κ2) is 6.50. The van der Waals surface area contributed by atoms with Crippen molar-refractivity contribution in [1.82, 2.24) is 14.9 Å². The first kappa shape index (κ1) is 19.0. The van der Waals surface area contributed by atoms with Crippen LogP contribution in [0.2, 0.25) is 0 Å². The normalized spacial score (nSPS) is 22.5. The number of rotatable bonds is 4. The molecule has 30 heavy (non-hydrogen) atoms. The quantitative estimate of drug-likeness (QED) is 0.685. The van der Waals surface area contributed by atoms with Gasteiger partial charge in [-0.3, -0.25) is 4.79 Å². The number of aryl methyl sites for hydroxylation is 1. The van der Waals surface area contributed by atoms with E-state index in [2.05, 4.69) is 22.2 Å². The van der Waals surface area contributed by atoms with E-state index in [1.165, 1.54) is 18.5 Å². The van der Waals surface area contributed by atoms with E-state index in [0.29, 0.717) is 46.8 Å². The molecular formula is C22H23FN4O3. The minimum Gasteiger partial charge on any atom is -0.442 e. The fourth-order valence-electron chi connectivity index (χ4n) is 4.12. The predicted octanol–water partition coefficient (Wildman–Crippen LogP) is 3.37. The average Bonchev–Trinajstić information content (AvgIpc) is 3.14. The van der Waals surface area contributed by atoms with Crippen molar-refractivity contribution < 1.29 is 18.7 Å². The van der Waals surface area contributed by atoms with Gasteiger partial charge in [-0.2, -0.15) is 0 Å². The monoisotopic (exact) mass is 410 g/mol. The Morgan fingerprint density at radius 3 is 2.67 bits per heavy atom. The number of amides is 1. The summed E-state index contributed by atoms with van der Waals surface area (Å²) in [6.45, 7) is 4.35. The summed E-state index contributed by atoms with van der Waals surface area (Å²) in [5.74, 6) is 0.464. The molecule has 1 amide bonds. The molecule has 7 nitrogen and oxygen atoms in total. The first-order chi connectivity index (χ1) is 14.3. The maximum atomic E-state index is 13.5. The second-order valence-corrected chi connectivity index (χ2v) is 8.64. The number of nitrogens with zero attached hydrogens (tertiary/aromatic N) is 3. The lowest BCUT2D eigenvalue weighted by Crippen LogP contribution is -2.34. The number of hydrogen-bond acceptors (Lipinski definition) is 6. The van der Waals surface area contributed by atoms with Crippen LogP contribution >= 0.6 is 0 Å². The molecule has 3 aromatic rings. The SMILES string of the molecule is Cc1oc2ncnc(NC3(C)CC3)c2c1C(=O)N1CCC(O)(c2ccc(F)cc2)C1. The van der Waals surface area contributed by atoms with Crippen LogP contribution in [-0.2, 0) is 5.60 Å². The van der Waals surface area contributed by atoms with E-state index in [4.69, 9.17) is 4.42 Å². The summed E-state index contributed by atoms with van der Waals surface area (Å²) in [5, 5.41) is 15.1. The van der Waals surface area contributed by atoms with Gasteiger partial charge < -0.3 is 19.7 Å². The van der Waals surface area contributed by atoms with Crippen LogP contribution in [0.4, 0.5) is 10.2 Å². The van der Waals surface area contributed by atoms with Crippen molar-refractivity contribution in [3.05, 3.63) is 53.3 Å². The lowest BCUT2D eigenvalue weighted by atomic mass is 9.93. The van der Waals surface area contributed by atoms with Crippen LogP contribution in [-0.4, -0.2) is 44.5 Å². The van der Waals surface area contributed by atoms with Crippen molar-refractivity contribution in [2.24, 2.45) is 0 Å². The number of furan rings is 1. The number of hydrogen-bond donors (Lipinski definition) is 2. The number of halogens is 1. The third kappa shape index (κ3) is 3.11. The molecule has 5 rings (SSSR count). The van der Waals surface area contributed by atoms with Gasteiger partial charge >= 0.3 is 0 Å². The van der Waals surface area contributed by atoms with E-state index >= 15 is 0 Å². The zero-order valence-electron chi connectivity index (χ0n) is 16.9. The molecular weight excluding hydrogens is 387 g/mol. The van der Waals surface area contributed by atoms with Gasteiger partial charge in [0.2, 0.25) is 5.71 Å². The third-order valence-corrected chi connectivity index (χ3v) is 6.21. The molecule has 0 spiro atoms. The number of aliphatic hydroxyl groups is 1. The van der Waals surface area contributed by atoms with E-state index < -0.39 is 5.60 Å². The van der Waals surface area contributed by atoms with Gasteiger partial charge in [0, 0.05) is 12.1 Å². The van der Waals surface area contributed by atoms with Crippen LogP contribution in [0.25, 0.3) is 11.1 Å². The first-order valence-corrected chi connectivity index (χ1v) is 10.1. The molecule has 0 radical (unpaired) electrons. The number of nitrogens with one attached hydrogen (secondary N) is 1. The Hall–Kier alpha value is -3.00. The van der Waals surface area contributed by atoms with Crippen LogP contribution in [0.5, 0.6) is 0 Å². The second-order valence-electron chi connectivity index (χ2n) is 8.64. The Kier molecular flexibility index (Phi) is 4.12. The van der Waals surface area contributed by atoms with Crippen molar-refractivity contribution in [2.45, 2.75) is 44.2 Å². The average molecular weight is 410 g/mol. The van der Waals surface area contributed by atoms with E-state index in [1.807, 2.05) is 0 Å². The van der Waals surface area contributed by atoms with Gasteiger partial charge in [-0.1, -0.05) is 12.1 Å². The number of carbonyl (C=O) groups is 1. The molecule has 1 saturated heterocycles. The molecule has 2 fully saturated rings. The molecule has 2 aliphatic rings. The summed E-state index contributed by atoms with van der Waals surface area (Å²) in [7, 11) is 0. The summed E-state index contributed by atoms with van der Waals surface area (Å²) >= 11 is 0. The van der Waals surface area contributed by atoms with Gasteiger partial charge in [0.05, 0.1) is 17.5 Å². The lowest BCUT2D eigenvalue weighted by Gasteiger charge is -2.24. The highest BCUT2D eigenvalue weighted by molar-refractivity contribution is 6.10. The molecule has 2 N–H and O–H groups in total. The van der Waals surface area contributed by atoms with Crippen molar-refractivity contribution in [2.75, 3.05) is 18.4 Å². The Balaban J connectivity index is 1.48. The van der Waals surface area contributed by atoms with Gasteiger partial charge in [0.25, 0.3) is 5.91 Å². The number of anilines is 1. The first-order valence-electron chi connectivity index (χ1n) is 10.1. The van der Waals surface area contributed by atoms with Crippen molar-refractivity contribution in [3.63, 3.8) is 0 Å². The number of aromatic nitrogens is 2. The van der Waals surface area contributed by atoms with E-state index in [1.54, 1.807) is 24.0 Å². The Morgan fingerprint density at radius 2 is 1.97 bits per heavy atom. The molecule has 3 heterocycles. The van der Waals surface area contributed by atoms with Gasteiger partial charge in [-0.15, -0.1) is 0 Å². The molecule has 1 saturated carbocycles. The Labute approximate surface area is 172 Å². The highest BCUT2D eigenvalue weighted by Crippen LogP contribution is 2.41. The molecule has 8 heteroatoms. The molecule has 0 bridgehead atoms. The Morgan fingerprint density at radius 1 is 1.23 bits per heavy atom. The van der Waals surface area contributed by atoms with Crippen LogP contribution in [0, 0.1) is 12.7 Å². The van der Waals surface area contributed by atoms with Gasteiger partial charge in [-0.05, 0) is 50.8 Å². The zero-order chi connectivity index (χ0) is 21.1. The van der Waals surface area contributed by atoms with E-state index in [-0.39, 0.29) is 23.8 Å². The summed E-state index contributed by atoms with van der Waals surface area (Å²) in [6, 6.07) is 5.76. The van der Waals surface area contributed by atoms with Gasteiger partial charge in [0.15, 0.2) is 0 Å². The number of carbonyl (C=O) groups excluding carboxylic acids is 1. The van der Waals surface area contributed by atoms with Crippen molar-refractivity contribution in [1.29, 1.82) is 0 Å². The standard InChI is InChI=1S/C22H23FN4O3/c1-13-16(17-18(26-21(2)7-8-21)24-12-25-19(17)30-13)20(28)27-10-9-22(29,11-27)14-3-5-15(23)6-4-14/h3-6,12,29H,7-11H2,1-2H3,(H,24,25,26). The van der Waals surface area contributed by atoms with Crippen LogP contribution < -0.4 is 5.32 Å². The lowest BCUT2D eigenvalue weighted by molar-refractivity contribution is 0.0417. The van der Waals surface area contributed by atoms with E-state index in [0.717, 1.165) is 12.8 Å². The van der Waals surface area contributed by atoms with Gasteiger partial charge in [-0.25, -0.2) is 14.4 Å². The van der Waals surface area contributed by atoms with Crippen LogP contribution in [0.15, 0.2) is 35.0 Å². The number of fused-ring (bicyclic) bond motifs is 1. The fourth-order valence-corrected chi connectivity index (χ4v) is 4.12. The predicted molar refractivity (Wildman–Crippen MR) is 109 cm³/mol. The number of β-amino-alcohol motifs (C(OH)–C–C–N with tert-alkyl or cyclic N) is 1. The molecule has 1 atom stereocenters. The summed E-state index contributed by atoms with van der Waals surface area (Å²) < 4.78 is 19.0. The van der Waals surface area contributed by atoms with Crippen molar-refractivity contribution in [3.8, 4) is 0 Å². The molecule has 1 aliphatic carbocycles. The van der Waals surface area contributed by atoms with E-state index in [9.17, 15) is 14.3 Å². The van der Waals surface area contributed by atoms with Crippen molar-refractivity contribution >= 4 is 22.8 Å². The molecule has 1 aromatic carbocycles. The number of likely N-dealkylation sites (tertiary alicyclic amines) is 1. The third-order valence-electron chi connectivity index (χ3n) is 6.21. The maximum absolute atomic E-state index is 13.5. The molecule has 1 unspecified atom stereocenters. The Bertz CT molecular complexity index is 1140. The minimum absolute atomic E-state index is 0.0245. The summed E-state index contributed by atoms with van der Waals surface area (Å²) in [5.41, 5.74) is 0.144.